The van der Waals surface area contributed by atoms with Crippen LogP contribution in [0.25, 0.3) is 77.7 Å². The number of nitrogens with zero attached hydrogens (tertiary/aromatic N) is 1. The van der Waals surface area contributed by atoms with Crippen molar-refractivity contribution in [2.75, 3.05) is 4.90 Å². The Morgan fingerprint density at radius 1 is 0.290 bits per heavy atom. The number of fused-ring (bicyclic) bond motifs is 3. The van der Waals surface area contributed by atoms with Gasteiger partial charge in [0, 0.05) is 22.5 Å². The van der Waals surface area contributed by atoms with Crippen molar-refractivity contribution in [3.63, 3.8) is 0 Å². The van der Waals surface area contributed by atoms with E-state index in [2.05, 4.69) is 255 Å². The molecular weight excluding hydrogens is 747 g/mol. The van der Waals surface area contributed by atoms with Crippen molar-refractivity contribution in [3.05, 3.63) is 247 Å². The van der Waals surface area contributed by atoms with E-state index >= 15 is 0 Å². The molecule has 1 aliphatic rings. The van der Waals surface area contributed by atoms with Gasteiger partial charge in [-0.1, -0.05) is 196 Å². The van der Waals surface area contributed by atoms with Crippen LogP contribution in [0.1, 0.15) is 30.5 Å². The lowest BCUT2D eigenvalue weighted by molar-refractivity contribution is 0.704. The van der Waals surface area contributed by atoms with Crippen LogP contribution in [0.2, 0.25) is 0 Å². The van der Waals surface area contributed by atoms with Crippen molar-refractivity contribution in [2.45, 2.75) is 19.3 Å². The van der Waals surface area contributed by atoms with E-state index in [9.17, 15) is 0 Å². The van der Waals surface area contributed by atoms with Crippen molar-refractivity contribution < 1.29 is 0 Å². The number of benzene rings is 10. The van der Waals surface area contributed by atoms with Gasteiger partial charge in [-0.15, -0.1) is 0 Å². The summed E-state index contributed by atoms with van der Waals surface area (Å²) in [4.78, 5) is 2.37. The van der Waals surface area contributed by atoms with Gasteiger partial charge in [-0.25, -0.2) is 0 Å². The Morgan fingerprint density at radius 2 is 0.613 bits per heavy atom. The third-order valence-electron chi connectivity index (χ3n) is 12.9. The molecule has 11 rings (SSSR count). The average molecular weight is 792 g/mol. The Hall–Kier alpha value is -7.74. The van der Waals surface area contributed by atoms with Gasteiger partial charge >= 0.3 is 0 Å². The van der Waals surface area contributed by atoms with Gasteiger partial charge in [0.15, 0.2) is 0 Å². The first-order valence-corrected chi connectivity index (χ1v) is 21.6. The number of hydrogen-bond donors (Lipinski definition) is 0. The zero-order valence-electron chi connectivity index (χ0n) is 35.0. The third kappa shape index (κ3) is 6.88. The molecule has 0 unspecified atom stereocenters. The standard InChI is InChI=1S/C61H45N/c1-61(2)59-14-8-7-13-55(59)41-60(61)50-31-37-58(38-32-50)62(56-33-27-46(28-34-56)44-15-19-48(20-16-44)53-25-23-42-9-3-5-11-51(42)39-53)57-35-29-47(30-36-57)45-17-21-49(22-18-45)54-26-24-43-10-4-6-12-52(43)40-54/h3-41H,1-2H3. The summed E-state index contributed by atoms with van der Waals surface area (Å²) in [6.45, 7) is 4.67. The van der Waals surface area contributed by atoms with Crippen molar-refractivity contribution in [1.82, 2.24) is 0 Å². The summed E-state index contributed by atoms with van der Waals surface area (Å²) in [7, 11) is 0. The van der Waals surface area contributed by atoms with Gasteiger partial charge in [-0.2, -0.15) is 0 Å². The first-order chi connectivity index (χ1) is 30.4. The Morgan fingerprint density at radius 3 is 1.03 bits per heavy atom. The van der Waals surface area contributed by atoms with Crippen molar-refractivity contribution >= 4 is 50.3 Å². The highest BCUT2D eigenvalue weighted by atomic mass is 15.1. The van der Waals surface area contributed by atoms with Gasteiger partial charge in [-0.05, 0) is 143 Å². The Bertz CT molecular complexity index is 3090. The number of hydrogen-bond acceptors (Lipinski definition) is 1. The second kappa shape index (κ2) is 15.4. The highest BCUT2D eigenvalue weighted by Gasteiger charge is 2.33. The molecule has 0 saturated heterocycles. The lowest BCUT2D eigenvalue weighted by Gasteiger charge is -2.28. The molecule has 0 amide bonds. The zero-order valence-corrected chi connectivity index (χ0v) is 35.0. The molecule has 0 N–H and O–H groups in total. The monoisotopic (exact) mass is 791 g/mol. The predicted octanol–water partition coefficient (Wildman–Crippen LogP) is 17.0. The van der Waals surface area contributed by atoms with E-state index in [1.165, 1.54) is 88.3 Å². The topological polar surface area (TPSA) is 3.24 Å². The molecule has 0 aliphatic heterocycles. The smallest absolute Gasteiger partial charge is 0.0462 e. The van der Waals surface area contributed by atoms with E-state index in [1.54, 1.807) is 0 Å². The Labute approximate surface area is 364 Å². The largest absolute Gasteiger partial charge is 0.311 e. The molecule has 0 radical (unpaired) electrons. The van der Waals surface area contributed by atoms with Crippen molar-refractivity contribution in [2.24, 2.45) is 0 Å². The quantitative estimate of drug-likeness (QED) is 0.148. The minimum atomic E-state index is -0.0647. The van der Waals surface area contributed by atoms with Crippen LogP contribution in [0.4, 0.5) is 17.1 Å². The summed E-state index contributed by atoms with van der Waals surface area (Å²) < 4.78 is 0. The van der Waals surface area contributed by atoms with E-state index in [0.29, 0.717) is 0 Å². The molecule has 10 aromatic carbocycles. The second-order valence-electron chi connectivity index (χ2n) is 17.0. The normalized spacial score (nSPS) is 12.9. The molecule has 0 heterocycles. The summed E-state index contributed by atoms with van der Waals surface area (Å²) in [6, 6.07) is 84.3. The van der Waals surface area contributed by atoms with E-state index in [0.717, 1.165) is 17.1 Å². The highest BCUT2D eigenvalue weighted by molar-refractivity contribution is 5.95. The van der Waals surface area contributed by atoms with Gasteiger partial charge in [0.2, 0.25) is 0 Å². The van der Waals surface area contributed by atoms with Crippen LogP contribution in [-0.2, 0) is 5.41 Å². The molecule has 294 valence electrons. The fraction of sp³-hybridized carbons (Fsp3) is 0.0492. The fourth-order valence-corrected chi connectivity index (χ4v) is 9.41. The molecule has 1 aliphatic carbocycles. The van der Waals surface area contributed by atoms with E-state index < -0.39 is 0 Å². The molecule has 0 saturated carbocycles. The molecular formula is C61H45N. The van der Waals surface area contributed by atoms with Gasteiger partial charge in [0.1, 0.15) is 0 Å². The maximum atomic E-state index is 2.37. The predicted molar refractivity (Wildman–Crippen MR) is 265 cm³/mol. The molecule has 1 heteroatoms. The van der Waals surface area contributed by atoms with Crippen LogP contribution in [0.15, 0.2) is 231 Å². The van der Waals surface area contributed by atoms with E-state index in [4.69, 9.17) is 0 Å². The Kier molecular flexibility index (Phi) is 9.24. The number of anilines is 3. The maximum absolute atomic E-state index is 2.37. The van der Waals surface area contributed by atoms with Crippen LogP contribution >= 0.6 is 0 Å². The average Bonchev–Trinajstić information content (AvgIpc) is 3.61. The van der Waals surface area contributed by atoms with Crippen LogP contribution in [0, 0.1) is 0 Å². The minimum Gasteiger partial charge on any atom is -0.311 e. The Balaban J connectivity index is 0.898. The summed E-state index contributed by atoms with van der Waals surface area (Å²) >= 11 is 0. The molecule has 0 bridgehead atoms. The van der Waals surface area contributed by atoms with Crippen molar-refractivity contribution in [3.8, 4) is 44.5 Å². The second-order valence-corrected chi connectivity index (χ2v) is 17.0. The van der Waals surface area contributed by atoms with E-state index in [-0.39, 0.29) is 5.41 Å². The van der Waals surface area contributed by atoms with Gasteiger partial charge in [-0.3, -0.25) is 0 Å². The van der Waals surface area contributed by atoms with Gasteiger partial charge in [0.25, 0.3) is 0 Å². The molecule has 0 spiro atoms. The molecule has 0 fully saturated rings. The van der Waals surface area contributed by atoms with Crippen LogP contribution in [0.3, 0.4) is 0 Å². The summed E-state index contributed by atoms with van der Waals surface area (Å²) in [5.74, 6) is 0. The first kappa shape index (κ1) is 37.3. The molecule has 10 aromatic rings. The number of allylic oxidation sites excluding steroid dienone is 1. The highest BCUT2D eigenvalue weighted by Crippen LogP contribution is 2.47. The minimum absolute atomic E-state index is 0.0647. The SMILES string of the molecule is CC1(C)C(c2ccc(N(c3ccc(-c4ccc(-c5ccc6ccccc6c5)cc4)cc3)c3ccc(-c4ccc(-c5ccc6ccccc6c5)cc4)cc3)cc2)=Cc2ccccc21. The summed E-state index contributed by atoms with van der Waals surface area (Å²) in [6.07, 6.45) is 2.36. The molecule has 62 heavy (non-hydrogen) atoms. The fourth-order valence-electron chi connectivity index (χ4n) is 9.41. The summed E-state index contributed by atoms with van der Waals surface area (Å²) in [5.41, 5.74) is 18.2. The lowest BCUT2D eigenvalue weighted by Crippen LogP contribution is -2.16. The number of rotatable bonds is 8. The van der Waals surface area contributed by atoms with Crippen LogP contribution in [0.5, 0.6) is 0 Å². The molecule has 1 nitrogen and oxygen atoms in total. The summed E-state index contributed by atoms with van der Waals surface area (Å²) in [5, 5.41) is 5.04. The molecule has 0 atom stereocenters. The lowest BCUT2D eigenvalue weighted by atomic mass is 9.78. The van der Waals surface area contributed by atoms with E-state index in [1.807, 2.05) is 0 Å². The third-order valence-corrected chi connectivity index (χ3v) is 12.9. The van der Waals surface area contributed by atoms with Gasteiger partial charge in [0.05, 0.1) is 0 Å². The van der Waals surface area contributed by atoms with Crippen LogP contribution < -0.4 is 4.90 Å². The van der Waals surface area contributed by atoms with Crippen molar-refractivity contribution in [1.29, 1.82) is 0 Å². The van der Waals surface area contributed by atoms with Gasteiger partial charge < -0.3 is 4.90 Å². The first-order valence-electron chi connectivity index (χ1n) is 21.6. The van der Waals surface area contributed by atoms with Crippen LogP contribution in [-0.4, -0.2) is 0 Å². The molecule has 0 aromatic heterocycles. The zero-order chi connectivity index (χ0) is 41.6. The maximum Gasteiger partial charge on any atom is 0.0462 e.